The van der Waals surface area contributed by atoms with Gasteiger partial charge in [0.15, 0.2) is 0 Å². The number of para-hydroxylation sites is 1. The molecule has 1 aliphatic heterocycles. The number of carbonyl (C=O) groups is 2. The van der Waals surface area contributed by atoms with Gasteiger partial charge in [-0.15, -0.1) is 0 Å². The molecule has 1 heterocycles. The topological polar surface area (TPSA) is 49.4 Å². The molecule has 25 heavy (non-hydrogen) atoms. The molecule has 2 aromatic carbocycles. The minimum absolute atomic E-state index is 0.00757. The van der Waals surface area contributed by atoms with Crippen LogP contribution in [0.25, 0.3) is 0 Å². The maximum atomic E-state index is 12.6. The molecule has 3 rings (SSSR count). The second kappa shape index (κ2) is 7.51. The van der Waals surface area contributed by atoms with Gasteiger partial charge in [0.05, 0.1) is 5.92 Å². The zero-order valence-electron chi connectivity index (χ0n) is 14.8. The third-order valence-corrected chi connectivity index (χ3v) is 4.81. The van der Waals surface area contributed by atoms with Crippen molar-refractivity contribution in [3.05, 3.63) is 59.7 Å². The molecule has 1 atom stereocenters. The molecular formula is C21H24N2O2. The van der Waals surface area contributed by atoms with E-state index < -0.39 is 0 Å². The molecule has 1 saturated heterocycles. The number of amides is 2. The van der Waals surface area contributed by atoms with Gasteiger partial charge in [0.1, 0.15) is 0 Å². The highest BCUT2D eigenvalue weighted by molar-refractivity contribution is 6.03. The van der Waals surface area contributed by atoms with Crippen molar-refractivity contribution in [1.29, 1.82) is 0 Å². The van der Waals surface area contributed by atoms with Crippen LogP contribution in [-0.4, -0.2) is 18.4 Å². The first-order chi connectivity index (χ1) is 12.1. The Morgan fingerprint density at radius 1 is 1.08 bits per heavy atom. The molecule has 0 spiro atoms. The highest BCUT2D eigenvalue weighted by Gasteiger charge is 2.35. The van der Waals surface area contributed by atoms with Crippen molar-refractivity contribution < 1.29 is 9.59 Å². The minimum atomic E-state index is -0.316. The smallest absolute Gasteiger partial charge is 0.229 e. The van der Waals surface area contributed by atoms with Crippen LogP contribution in [0.15, 0.2) is 48.5 Å². The van der Waals surface area contributed by atoms with Gasteiger partial charge in [0.25, 0.3) is 0 Å². The van der Waals surface area contributed by atoms with Crippen LogP contribution in [-0.2, 0) is 22.4 Å². The fourth-order valence-electron chi connectivity index (χ4n) is 3.23. The SMILES string of the molecule is CCc1ccc(N2C[C@H](C(=O)Nc3ccccc3CC)CC2=O)cc1. The average Bonchev–Trinajstić information content (AvgIpc) is 3.04. The van der Waals surface area contributed by atoms with Gasteiger partial charge < -0.3 is 10.2 Å². The Bertz CT molecular complexity index is 768. The second-order valence-corrected chi connectivity index (χ2v) is 6.43. The first-order valence-corrected chi connectivity index (χ1v) is 8.90. The fourth-order valence-corrected chi connectivity index (χ4v) is 3.23. The van der Waals surface area contributed by atoms with Crippen LogP contribution in [0.3, 0.4) is 0 Å². The number of nitrogens with zero attached hydrogens (tertiary/aromatic N) is 1. The minimum Gasteiger partial charge on any atom is -0.326 e. The van der Waals surface area contributed by atoms with E-state index in [4.69, 9.17) is 0 Å². The third-order valence-electron chi connectivity index (χ3n) is 4.81. The van der Waals surface area contributed by atoms with Crippen molar-refractivity contribution in [3.8, 4) is 0 Å². The van der Waals surface area contributed by atoms with Crippen molar-refractivity contribution in [2.24, 2.45) is 5.92 Å². The van der Waals surface area contributed by atoms with Crippen LogP contribution in [0.1, 0.15) is 31.4 Å². The molecule has 0 aromatic heterocycles. The van der Waals surface area contributed by atoms with E-state index in [1.807, 2.05) is 48.5 Å². The van der Waals surface area contributed by atoms with Gasteiger partial charge in [0, 0.05) is 24.3 Å². The number of aryl methyl sites for hydroxylation is 2. The standard InChI is InChI=1S/C21H24N2O2/c1-3-15-9-11-18(12-10-15)23-14-17(13-20(23)24)21(25)22-19-8-6-5-7-16(19)4-2/h5-12,17H,3-4,13-14H2,1-2H3,(H,22,25)/t17-/m1/s1. The summed E-state index contributed by atoms with van der Waals surface area (Å²) in [6.45, 7) is 4.60. The van der Waals surface area contributed by atoms with E-state index in [-0.39, 0.29) is 24.2 Å². The van der Waals surface area contributed by atoms with Crippen molar-refractivity contribution in [2.45, 2.75) is 33.1 Å². The fraction of sp³-hybridized carbons (Fsp3) is 0.333. The van der Waals surface area contributed by atoms with E-state index in [0.717, 1.165) is 29.8 Å². The summed E-state index contributed by atoms with van der Waals surface area (Å²) in [6, 6.07) is 15.8. The van der Waals surface area contributed by atoms with Crippen LogP contribution in [0.2, 0.25) is 0 Å². The monoisotopic (exact) mass is 336 g/mol. The van der Waals surface area contributed by atoms with E-state index in [0.29, 0.717) is 6.54 Å². The van der Waals surface area contributed by atoms with E-state index in [9.17, 15) is 9.59 Å². The Morgan fingerprint density at radius 3 is 2.48 bits per heavy atom. The van der Waals surface area contributed by atoms with Crippen molar-refractivity contribution in [3.63, 3.8) is 0 Å². The number of hydrogen-bond donors (Lipinski definition) is 1. The summed E-state index contributed by atoms with van der Waals surface area (Å²) in [7, 11) is 0. The molecule has 2 amide bonds. The molecule has 0 aliphatic carbocycles. The van der Waals surface area contributed by atoms with Gasteiger partial charge in [-0.3, -0.25) is 9.59 Å². The third kappa shape index (κ3) is 3.73. The summed E-state index contributed by atoms with van der Waals surface area (Å²) in [6.07, 6.45) is 2.09. The molecule has 0 saturated carbocycles. The van der Waals surface area contributed by atoms with Crippen molar-refractivity contribution >= 4 is 23.2 Å². The van der Waals surface area contributed by atoms with E-state index in [1.165, 1.54) is 5.56 Å². The lowest BCUT2D eigenvalue weighted by Gasteiger charge is -2.17. The molecular weight excluding hydrogens is 312 g/mol. The zero-order valence-corrected chi connectivity index (χ0v) is 14.8. The molecule has 1 fully saturated rings. The molecule has 0 unspecified atom stereocenters. The summed E-state index contributed by atoms with van der Waals surface area (Å²) >= 11 is 0. The molecule has 1 aliphatic rings. The van der Waals surface area contributed by atoms with Gasteiger partial charge >= 0.3 is 0 Å². The highest BCUT2D eigenvalue weighted by atomic mass is 16.2. The van der Waals surface area contributed by atoms with Gasteiger partial charge in [0.2, 0.25) is 11.8 Å². The molecule has 0 radical (unpaired) electrons. The number of nitrogens with one attached hydrogen (secondary N) is 1. The summed E-state index contributed by atoms with van der Waals surface area (Å²) in [5, 5.41) is 3.00. The predicted octanol–water partition coefficient (Wildman–Crippen LogP) is 3.80. The normalized spacial score (nSPS) is 17.0. The van der Waals surface area contributed by atoms with E-state index in [1.54, 1.807) is 4.90 Å². The maximum absolute atomic E-state index is 12.6. The number of hydrogen-bond acceptors (Lipinski definition) is 2. The molecule has 4 nitrogen and oxygen atoms in total. The van der Waals surface area contributed by atoms with Gasteiger partial charge in [-0.1, -0.05) is 44.2 Å². The lowest BCUT2D eigenvalue weighted by molar-refractivity contribution is -0.122. The van der Waals surface area contributed by atoms with Crippen molar-refractivity contribution in [1.82, 2.24) is 0 Å². The largest absolute Gasteiger partial charge is 0.326 e. The summed E-state index contributed by atoms with van der Waals surface area (Å²) in [4.78, 5) is 26.7. The number of benzene rings is 2. The van der Waals surface area contributed by atoms with Crippen LogP contribution in [0, 0.1) is 5.92 Å². The first kappa shape index (κ1) is 17.2. The first-order valence-electron chi connectivity index (χ1n) is 8.90. The van der Waals surface area contributed by atoms with Gasteiger partial charge in [-0.25, -0.2) is 0 Å². The van der Waals surface area contributed by atoms with Crippen molar-refractivity contribution in [2.75, 3.05) is 16.8 Å². The second-order valence-electron chi connectivity index (χ2n) is 6.43. The van der Waals surface area contributed by atoms with Gasteiger partial charge in [-0.2, -0.15) is 0 Å². The Hall–Kier alpha value is -2.62. The maximum Gasteiger partial charge on any atom is 0.229 e. The summed E-state index contributed by atoms with van der Waals surface area (Å²) in [5.74, 6) is -0.390. The molecule has 0 bridgehead atoms. The molecule has 130 valence electrons. The van der Waals surface area contributed by atoms with Crippen LogP contribution >= 0.6 is 0 Å². The number of anilines is 2. The summed E-state index contributed by atoms with van der Waals surface area (Å²) < 4.78 is 0. The van der Waals surface area contributed by atoms with Crippen LogP contribution < -0.4 is 10.2 Å². The number of rotatable bonds is 5. The predicted molar refractivity (Wildman–Crippen MR) is 101 cm³/mol. The van der Waals surface area contributed by atoms with Crippen LogP contribution in [0.4, 0.5) is 11.4 Å². The molecule has 2 aromatic rings. The Morgan fingerprint density at radius 2 is 1.80 bits per heavy atom. The number of carbonyl (C=O) groups excluding carboxylic acids is 2. The summed E-state index contributed by atoms with van der Waals surface area (Å²) in [5.41, 5.74) is 4.05. The Labute approximate surface area is 148 Å². The quantitative estimate of drug-likeness (QED) is 0.903. The Kier molecular flexibility index (Phi) is 5.17. The lowest BCUT2D eigenvalue weighted by atomic mass is 10.1. The lowest BCUT2D eigenvalue weighted by Crippen LogP contribution is -2.28. The van der Waals surface area contributed by atoms with Gasteiger partial charge in [-0.05, 0) is 42.2 Å². The zero-order chi connectivity index (χ0) is 17.8. The van der Waals surface area contributed by atoms with Crippen LogP contribution in [0.5, 0.6) is 0 Å². The average molecular weight is 336 g/mol. The molecule has 4 heteroatoms. The highest BCUT2D eigenvalue weighted by Crippen LogP contribution is 2.27. The van der Waals surface area contributed by atoms with E-state index >= 15 is 0 Å². The van der Waals surface area contributed by atoms with E-state index in [2.05, 4.69) is 19.2 Å². The Balaban J connectivity index is 1.70. The molecule has 1 N–H and O–H groups in total.